The van der Waals surface area contributed by atoms with Gasteiger partial charge in [0.1, 0.15) is 5.82 Å². The molecule has 1 aromatic carbocycles. The van der Waals surface area contributed by atoms with Crippen molar-refractivity contribution < 1.29 is 9.18 Å². The molecule has 0 aliphatic carbocycles. The molecule has 0 radical (unpaired) electrons. The van der Waals surface area contributed by atoms with Gasteiger partial charge in [-0.15, -0.1) is 11.3 Å². The van der Waals surface area contributed by atoms with Crippen LogP contribution < -0.4 is 0 Å². The first kappa shape index (κ1) is 13.2. The van der Waals surface area contributed by atoms with E-state index >= 15 is 0 Å². The van der Waals surface area contributed by atoms with Crippen LogP contribution in [0.15, 0.2) is 32.5 Å². The molecule has 0 saturated heterocycles. The van der Waals surface area contributed by atoms with Crippen LogP contribution in [-0.2, 0) is 0 Å². The van der Waals surface area contributed by atoms with Crippen LogP contribution >= 0.6 is 54.8 Å². The van der Waals surface area contributed by atoms with E-state index in [4.69, 9.17) is 11.6 Å². The molecule has 0 bridgehead atoms. The van der Waals surface area contributed by atoms with Gasteiger partial charge in [-0.2, -0.15) is 0 Å². The largest absolute Gasteiger partial charge is 0.288 e. The summed E-state index contributed by atoms with van der Waals surface area (Å²) in [5, 5.41) is 0.00934. The average Bonchev–Trinajstić information content (AvgIpc) is 2.62. The van der Waals surface area contributed by atoms with E-state index in [1.54, 1.807) is 6.07 Å². The summed E-state index contributed by atoms with van der Waals surface area (Å²) in [7, 11) is 0. The van der Waals surface area contributed by atoms with E-state index < -0.39 is 5.82 Å². The fourth-order valence-electron chi connectivity index (χ4n) is 1.24. The molecule has 0 aliphatic rings. The lowest BCUT2D eigenvalue weighted by Crippen LogP contribution is -1.99. The molecular weight excluding hydrogens is 394 g/mol. The maximum Gasteiger partial charge on any atom is 0.203 e. The fourth-order valence-corrected chi connectivity index (χ4v) is 3.35. The Kier molecular flexibility index (Phi) is 4.02. The Labute approximate surface area is 123 Å². The van der Waals surface area contributed by atoms with E-state index in [1.165, 1.54) is 23.5 Å². The first-order chi connectivity index (χ1) is 7.99. The second kappa shape index (κ2) is 5.18. The third kappa shape index (κ3) is 2.78. The van der Waals surface area contributed by atoms with Crippen LogP contribution in [0.5, 0.6) is 0 Å². The molecular formula is C11H4Br2ClFOS. The number of ketones is 1. The van der Waals surface area contributed by atoms with Gasteiger partial charge < -0.3 is 0 Å². The summed E-state index contributed by atoms with van der Waals surface area (Å²) in [5.41, 5.74) is 0.285. The Bertz CT molecular complexity index is 578. The van der Waals surface area contributed by atoms with Crippen molar-refractivity contribution >= 4 is 60.6 Å². The quantitative estimate of drug-likeness (QED) is 0.628. The van der Waals surface area contributed by atoms with Gasteiger partial charge >= 0.3 is 0 Å². The molecule has 0 fully saturated rings. The Morgan fingerprint density at radius 1 is 1.29 bits per heavy atom. The number of carbonyl (C=O) groups excluding carboxylic acids is 1. The highest BCUT2D eigenvalue weighted by atomic mass is 79.9. The number of benzene rings is 1. The molecule has 2 aromatic rings. The zero-order chi connectivity index (χ0) is 12.6. The molecule has 1 nitrogen and oxygen atoms in total. The molecule has 88 valence electrons. The van der Waals surface area contributed by atoms with Crippen LogP contribution in [0.25, 0.3) is 0 Å². The van der Waals surface area contributed by atoms with E-state index in [0.29, 0.717) is 4.88 Å². The van der Waals surface area contributed by atoms with E-state index in [-0.39, 0.29) is 16.4 Å². The van der Waals surface area contributed by atoms with Crippen LogP contribution in [0, 0.1) is 5.82 Å². The molecule has 6 heteroatoms. The highest BCUT2D eigenvalue weighted by molar-refractivity contribution is 9.13. The van der Waals surface area contributed by atoms with Crippen LogP contribution in [-0.4, -0.2) is 5.78 Å². The van der Waals surface area contributed by atoms with Crippen molar-refractivity contribution in [3.8, 4) is 0 Å². The number of rotatable bonds is 2. The average molecular weight is 398 g/mol. The molecule has 1 aromatic heterocycles. The maximum absolute atomic E-state index is 13.2. The van der Waals surface area contributed by atoms with Crippen molar-refractivity contribution in [2.45, 2.75) is 0 Å². The molecule has 0 spiro atoms. The Morgan fingerprint density at radius 3 is 2.53 bits per heavy atom. The Hall–Kier alpha value is -0.230. The first-order valence-corrected chi connectivity index (χ1v) is 7.21. The van der Waals surface area contributed by atoms with E-state index in [0.717, 1.165) is 14.3 Å². The zero-order valence-corrected chi connectivity index (χ0v) is 12.9. The minimum absolute atomic E-state index is 0.00934. The van der Waals surface area contributed by atoms with Crippen molar-refractivity contribution in [3.63, 3.8) is 0 Å². The second-order valence-electron chi connectivity index (χ2n) is 3.19. The van der Waals surface area contributed by atoms with Crippen LogP contribution in [0.1, 0.15) is 15.2 Å². The normalized spacial score (nSPS) is 10.6. The molecule has 0 saturated carbocycles. The lowest BCUT2D eigenvalue weighted by Gasteiger charge is -1.99. The highest BCUT2D eigenvalue weighted by Gasteiger charge is 2.15. The van der Waals surface area contributed by atoms with Gasteiger partial charge in [-0.25, -0.2) is 4.39 Å². The molecule has 2 rings (SSSR count). The summed E-state index contributed by atoms with van der Waals surface area (Å²) in [6, 6.07) is 5.73. The monoisotopic (exact) mass is 396 g/mol. The highest BCUT2D eigenvalue weighted by Crippen LogP contribution is 2.33. The maximum atomic E-state index is 13.2. The molecule has 0 N–H and O–H groups in total. The van der Waals surface area contributed by atoms with Crippen molar-refractivity contribution in [1.29, 1.82) is 0 Å². The molecule has 17 heavy (non-hydrogen) atoms. The minimum Gasteiger partial charge on any atom is -0.288 e. The van der Waals surface area contributed by atoms with Crippen molar-refractivity contribution in [2.24, 2.45) is 0 Å². The third-order valence-electron chi connectivity index (χ3n) is 2.05. The standard InChI is InChI=1S/C11H4Br2ClFOS/c12-6-4-9(17-11(6)13)10(16)5-1-2-7(14)8(15)3-5/h1-4H. The molecule has 0 amide bonds. The van der Waals surface area contributed by atoms with E-state index in [2.05, 4.69) is 31.9 Å². The summed E-state index contributed by atoms with van der Waals surface area (Å²) >= 11 is 13.5. The van der Waals surface area contributed by atoms with Gasteiger partial charge in [-0.1, -0.05) is 11.6 Å². The minimum atomic E-state index is -0.591. The second-order valence-corrected chi connectivity index (χ2v) is 6.82. The lowest BCUT2D eigenvalue weighted by atomic mass is 10.1. The lowest BCUT2D eigenvalue weighted by molar-refractivity contribution is 0.104. The Balaban J connectivity index is 2.40. The van der Waals surface area contributed by atoms with Crippen LogP contribution in [0.4, 0.5) is 4.39 Å². The first-order valence-electron chi connectivity index (χ1n) is 4.43. The summed E-state index contributed by atoms with van der Waals surface area (Å²) in [4.78, 5) is 12.6. The zero-order valence-electron chi connectivity index (χ0n) is 8.14. The van der Waals surface area contributed by atoms with Gasteiger partial charge in [0.2, 0.25) is 5.78 Å². The molecule has 0 atom stereocenters. The molecule has 0 aliphatic heterocycles. The van der Waals surface area contributed by atoms with Gasteiger partial charge in [0.15, 0.2) is 0 Å². The van der Waals surface area contributed by atoms with Gasteiger partial charge in [0.05, 0.1) is 13.7 Å². The van der Waals surface area contributed by atoms with E-state index in [9.17, 15) is 9.18 Å². The number of hydrogen-bond donors (Lipinski definition) is 0. The van der Waals surface area contributed by atoms with Gasteiger partial charge in [-0.05, 0) is 56.1 Å². The SMILES string of the molecule is O=C(c1ccc(Cl)c(F)c1)c1cc(Br)c(Br)s1. The topological polar surface area (TPSA) is 17.1 Å². The number of thiophene rings is 1. The smallest absolute Gasteiger partial charge is 0.203 e. The van der Waals surface area contributed by atoms with Gasteiger partial charge in [-0.3, -0.25) is 4.79 Å². The van der Waals surface area contributed by atoms with Crippen LogP contribution in [0.3, 0.4) is 0 Å². The summed E-state index contributed by atoms with van der Waals surface area (Å²) in [6.07, 6.45) is 0. The number of halogens is 4. The third-order valence-corrected chi connectivity index (χ3v) is 5.61. The fraction of sp³-hybridized carbons (Fsp3) is 0. The van der Waals surface area contributed by atoms with Gasteiger partial charge in [0.25, 0.3) is 0 Å². The van der Waals surface area contributed by atoms with Crippen molar-refractivity contribution in [2.75, 3.05) is 0 Å². The summed E-state index contributed by atoms with van der Waals surface area (Å²) in [6.45, 7) is 0. The number of carbonyl (C=O) groups is 1. The van der Waals surface area contributed by atoms with Crippen molar-refractivity contribution in [1.82, 2.24) is 0 Å². The summed E-state index contributed by atoms with van der Waals surface area (Å²) < 4.78 is 14.9. The predicted octanol–water partition coefficient (Wildman–Crippen LogP) is 5.30. The molecule has 0 unspecified atom stereocenters. The Morgan fingerprint density at radius 2 is 2.00 bits per heavy atom. The predicted molar refractivity (Wildman–Crippen MR) is 74.6 cm³/mol. The molecule has 1 heterocycles. The van der Waals surface area contributed by atoms with E-state index in [1.807, 2.05) is 0 Å². The number of hydrogen-bond acceptors (Lipinski definition) is 2. The van der Waals surface area contributed by atoms with Gasteiger partial charge in [0, 0.05) is 10.0 Å². The summed E-state index contributed by atoms with van der Waals surface area (Å²) in [5.74, 6) is -0.816. The van der Waals surface area contributed by atoms with Crippen molar-refractivity contribution in [3.05, 3.63) is 53.8 Å². The van der Waals surface area contributed by atoms with Crippen LogP contribution in [0.2, 0.25) is 5.02 Å².